The number of halogens is 1. The molecule has 0 radical (unpaired) electrons. The Morgan fingerprint density at radius 3 is 2.78 bits per heavy atom. The predicted octanol–water partition coefficient (Wildman–Crippen LogP) is 4.93. The molecule has 1 fully saturated rings. The lowest BCUT2D eigenvalue weighted by molar-refractivity contribution is -0.0393. The van der Waals surface area contributed by atoms with Gasteiger partial charge in [0.1, 0.15) is 23.4 Å². The minimum Gasteiger partial charge on any atom is -0.357 e. The third-order valence-electron chi connectivity index (χ3n) is 5.05. The lowest BCUT2D eigenvalue weighted by atomic mass is 10.0. The fourth-order valence-electron chi connectivity index (χ4n) is 3.69. The van der Waals surface area contributed by atoms with Gasteiger partial charge in [-0.2, -0.15) is 5.10 Å². The summed E-state index contributed by atoms with van der Waals surface area (Å²) in [6.45, 7) is 0.753. The minimum absolute atomic E-state index is 0.0600. The maximum Gasteiger partial charge on any atom is 0.150 e. The zero-order valence-corrected chi connectivity index (χ0v) is 14.7. The van der Waals surface area contributed by atoms with Gasteiger partial charge >= 0.3 is 0 Å². The summed E-state index contributed by atoms with van der Waals surface area (Å²) in [4.78, 5) is 7.53. The first kappa shape index (κ1) is 16.2. The highest BCUT2D eigenvalue weighted by Crippen LogP contribution is 2.36. The number of aromatic nitrogens is 4. The van der Waals surface area contributed by atoms with Crippen molar-refractivity contribution in [1.29, 1.82) is 0 Å². The predicted molar refractivity (Wildman–Crippen MR) is 102 cm³/mol. The Kier molecular flexibility index (Phi) is 3.98. The Morgan fingerprint density at radius 2 is 1.96 bits per heavy atom. The standard InChI is InChI=1S/C21H19FN4O/c22-15-6-4-14(5-7-15)20-18(13-26(25-20)19-3-1-2-12-27-19)16-8-10-23-21-17(16)9-11-24-21/h4-11,13,19H,1-3,12H2,(H,23,24). The third kappa shape index (κ3) is 2.92. The van der Waals surface area contributed by atoms with E-state index in [1.165, 1.54) is 12.1 Å². The van der Waals surface area contributed by atoms with Crippen LogP contribution in [-0.2, 0) is 4.74 Å². The molecule has 1 unspecified atom stereocenters. The number of benzene rings is 1. The van der Waals surface area contributed by atoms with Crippen LogP contribution in [0.4, 0.5) is 4.39 Å². The van der Waals surface area contributed by atoms with Crippen LogP contribution in [0.3, 0.4) is 0 Å². The van der Waals surface area contributed by atoms with E-state index in [9.17, 15) is 4.39 Å². The van der Waals surface area contributed by atoms with Crippen molar-refractivity contribution in [3.8, 4) is 22.4 Å². The highest BCUT2D eigenvalue weighted by Gasteiger charge is 2.22. The molecule has 5 rings (SSSR count). The molecule has 1 saturated heterocycles. The molecule has 5 nitrogen and oxygen atoms in total. The third-order valence-corrected chi connectivity index (χ3v) is 5.05. The summed E-state index contributed by atoms with van der Waals surface area (Å²) in [6, 6.07) is 10.5. The molecule has 1 N–H and O–H groups in total. The number of nitrogens with one attached hydrogen (secondary N) is 1. The van der Waals surface area contributed by atoms with E-state index in [1.54, 1.807) is 18.3 Å². The first-order chi connectivity index (χ1) is 13.3. The van der Waals surface area contributed by atoms with Gasteiger partial charge in [-0.05, 0) is 61.2 Å². The lowest BCUT2D eigenvalue weighted by Crippen LogP contribution is -2.18. The van der Waals surface area contributed by atoms with Gasteiger partial charge < -0.3 is 9.72 Å². The van der Waals surface area contributed by atoms with Crippen molar-refractivity contribution in [2.75, 3.05) is 6.61 Å². The molecule has 0 bridgehead atoms. The molecular formula is C21H19FN4O. The number of H-pyrrole nitrogens is 1. The second-order valence-electron chi connectivity index (χ2n) is 6.80. The fourth-order valence-corrected chi connectivity index (χ4v) is 3.69. The SMILES string of the molecule is Fc1ccc(-c2nn(C3CCCCO3)cc2-c2ccnc3[nH]ccc23)cc1. The first-order valence-electron chi connectivity index (χ1n) is 9.19. The highest BCUT2D eigenvalue weighted by atomic mass is 19.1. The van der Waals surface area contributed by atoms with Gasteiger partial charge in [-0.3, -0.25) is 0 Å². The Labute approximate surface area is 155 Å². The fraction of sp³-hybridized carbons (Fsp3) is 0.238. The van der Waals surface area contributed by atoms with Gasteiger partial charge in [0.25, 0.3) is 0 Å². The number of pyridine rings is 1. The average molecular weight is 362 g/mol. The molecule has 136 valence electrons. The molecule has 1 aliphatic rings. The summed E-state index contributed by atoms with van der Waals surface area (Å²) in [5.41, 5.74) is 4.56. The monoisotopic (exact) mass is 362 g/mol. The van der Waals surface area contributed by atoms with Crippen molar-refractivity contribution in [2.24, 2.45) is 0 Å². The topological polar surface area (TPSA) is 55.7 Å². The summed E-state index contributed by atoms with van der Waals surface area (Å²) in [6.07, 6.45) is 8.81. The van der Waals surface area contributed by atoms with Crippen molar-refractivity contribution >= 4 is 11.0 Å². The maximum atomic E-state index is 13.4. The van der Waals surface area contributed by atoms with Crippen LogP contribution >= 0.6 is 0 Å². The quantitative estimate of drug-likeness (QED) is 0.562. The Morgan fingerprint density at radius 1 is 1.07 bits per heavy atom. The second kappa shape index (κ2) is 6.63. The number of aromatic amines is 1. The molecule has 27 heavy (non-hydrogen) atoms. The number of hydrogen-bond donors (Lipinski definition) is 1. The van der Waals surface area contributed by atoms with Crippen molar-refractivity contribution in [2.45, 2.75) is 25.5 Å². The van der Waals surface area contributed by atoms with E-state index >= 15 is 0 Å². The summed E-state index contributed by atoms with van der Waals surface area (Å²) < 4.78 is 21.3. The number of hydrogen-bond acceptors (Lipinski definition) is 3. The van der Waals surface area contributed by atoms with E-state index in [2.05, 4.69) is 9.97 Å². The van der Waals surface area contributed by atoms with Crippen molar-refractivity contribution < 1.29 is 9.13 Å². The van der Waals surface area contributed by atoms with Gasteiger partial charge in [0, 0.05) is 41.7 Å². The molecule has 0 amide bonds. The van der Waals surface area contributed by atoms with E-state index in [0.717, 1.165) is 59.3 Å². The summed E-state index contributed by atoms with van der Waals surface area (Å²) >= 11 is 0. The van der Waals surface area contributed by atoms with Crippen molar-refractivity contribution in [3.05, 3.63) is 60.8 Å². The lowest BCUT2D eigenvalue weighted by Gasteiger charge is -2.22. The molecule has 4 heterocycles. The van der Waals surface area contributed by atoms with Crippen LogP contribution in [0.25, 0.3) is 33.4 Å². The van der Waals surface area contributed by atoms with E-state index in [4.69, 9.17) is 9.84 Å². The second-order valence-corrected chi connectivity index (χ2v) is 6.80. The van der Waals surface area contributed by atoms with E-state index in [1.807, 2.05) is 29.2 Å². The molecule has 0 spiro atoms. The molecule has 1 aromatic carbocycles. The molecule has 1 atom stereocenters. The van der Waals surface area contributed by atoms with Crippen LogP contribution in [0.1, 0.15) is 25.5 Å². The molecule has 1 aliphatic heterocycles. The van der Waals surface area contributed by atoms with Crippen LogP contribution in [-0.4, -0.2) is 26.4 Å². The first-order valence-corrected chi connectivity index (χ1v) is 9.19. The number of nitrogens with zero attached hydrogens (tertiary/aromatic N) is 3. The van der Waals surface area contributed by atoms with E-state index in [0.29, 0.717) is 0 Å². The van der Waals surface area contributed by atoms with E-state index < -0.39 is 0 Å². The zero-order chi connectivity index (χ0) is 18.2. The van der Waals surface area contributed by atoms with Crippen LogP contribution in [0.15, 0.2) is 55.0 Å². The van der Waals surface area contributed by atoms with Crippen LogP contribution in [0.2, 0.25) is 0 Å². The summed E-state index contributed by atoms with van der Waals surface area (Å²) in [5, 5.41) is 5.87. The van der Waals surface area contributed by atoms with Gasteiger partial charge in [-0.25, -0.2) is 14.1 Å². The van der Waals surface area contributed by atoms with Gasteiger partial charge in [-0.15, -0.1) is 0 Å². The Balaban J connectivity index is 1.69. The summed E-state index contributed by atoms with van der Waals surface area (Å²) in [5.74, 6) is -0.257. The van der Waals surface area contributed by atoms with Gasteiger partial charge in [0.05, 0.1) is 0 Å². The largest absolute Gasteiger partial charge is 0.357 e. The number of rotatable bonds is 3. The highest BCUT2D eigenvalue weighted by molar-refractivity contribution is 5.96. The molecule has 6 heteroatoms. The molecule has 0 saturated carbocycles. The van der Waals surface area contributed by atoms with Crippen molar-refractivity contribution in [3.63, 3.8) is 0 Å². The smallest absolute Gasteiger partial charge is 0.150 e. The zero-order valence-electron chi connectivity index (χ0n) is 14.7. The van der Waals surface area contributed by atoms with E-state index in [-0.39, 0.29) is 12.0 Å². The Hall–Kier alpha value is -2.99. The summed E-state index contributed by atoms with van der Waals surface area (Å²) in [7, 11) is 0. The van der Waals surface area contributed by atoms with Gasteiger partial charge in [0.15, 0.2) is 0 Å². The van der Waals surface area contributed by atoms with Crippen LogP contribution < -0.4 is 0 Å². The molecule has 4 aromatic rings. The molecule has 3 aromatic heterocycles. The Bertz CT molecular complexity index is 1080. The van der Waals surface area contributed by atoms with Crippen molar-refractivity contribution in [1.82, 2.24) is 19.7 Å². The van der Waals surface area contributed by atoms with Gasteiger partial charge in [0.2, 0.25) is 0 Å². The minimum atomic E-state index is -0.257. The average Bonchev–Trinajstić information content (AvgIpc) is 3.36. The van der Waals surface area contributed by atoms with Gasteiger partial charge in [-0.1, -0.05) is 0 Å². The van der Waals surface area contributed by atoms with Crippen LogP contribution in [0, 0.1) is 5.82 Å². The molecular weight excluding hydrogens is 343 g/mol. The normalized spacial score (nSPS) is 17.4. The number of fused-ring (bicyclic) bond motifs is 1. The van der Waals surface area contributed by atoms with Crippen LogP contribution in [0.5, 0.6) is 0 Å². The maximum absolute atomic E-state index is 13.4. The number of ether oxygens (including phenoxy) is 1. The molecule has 0 aliphatic carbocycles.